The van der Waals surface area contributed by atoms with E-state index in [0.29, 0.717) is 5.92 Å². The van der Waals surface area contributed by atoms with Crippen molar-refractivity contribution in [1.82, 2.24) is 14.8 Å². The van der Waals surface area contributed by atoms with Gasteiger partial charge in [0.05, 0.1) is 0 Å². The molecule has 14 heavy (non-hydrogen) atoms. The van der Waals surface area contributed by atoms with Crippen LogP contribution in [-0.2, 0) is 19.4 Å². The van der Waals surface area contributed by atoms with E-state index in [1.165, 1.54) is 12.2 Å². The molecular formula is C11H19N3. The Bertz CT molecular complexity index is 314. The first-order valence-corrected chi connectivity index (χ1v) is 5.57. The molecule has 0 spiro atoms. The molecule has 0 radical (unpaired) electrons. The lowest BCUT2D eigenvalue weighted by atomic mass is 10.0. The molecule has 3 nitrogen and oxygen atoms in total. The summed E-state index contributed by atoms with van der Waals surface area (Å²) in [5.74, 6) is 3.65. The van der Waals surface area contributed by atoms with E-state index in [-0.39, 0.29) is 0 Å². The summed E-state index contributed by atoms with van der Waals surface area (Å²) in [6, 6.07) is 0. The van der Waals surface area contributed by atoms with E-state index in [9.17, 15) is 0 Å². The monoisotopic (exact) mass is 193 g/mol. The summed E-state index contributed by atoms with van der Waals surface area (Å²) in [6.45, 7) is 7.77. The highest BCUT2D eigenvalue weighted by molar-refractivity contribution is 4.97. The first kappa shape index (κ1) is 9.69. The van der Waals surface area contributed by atoms with Crippen LogP contribution in [0.4, 0.5) is 0 Å². The van der Waals surface area contributed by atoms with Gasteiger partial charge in [-0.25, -0.2) is 9.67 Å². The van der Waals surface area contributed by atoms with Gasteiger partial charge in [-0.05, 0) is 18.3 Å². The Hall–Kier alpha value is -0.860. The van der Waals surface area contributed by atoms with E-state index in [2.05, 4.69) is 35.5 Å². The maximum absolute atomic E-state index is 4.59. The number of aromatic nitrogens is 3. The Labute approximate surface area is 85.5 Å². The number of hydrogen-bond acceptors (Lipinski definition) is 2. The molecule has 0 aliphatic carbocycles. The predicted octanol–water partition coefficient (Wildman–Crippen LogP) is 2.06. The average molecular weight is 193 g/mol. The summed E-state index contributed by atoms with van der Waals surface area (Å²) < 4.78 is 2.09. The van der Waals surface area contributed by atoms with Gasteiger partial charge in [0.25, 0.3) is 0 Å². The van der Waals surface area contributed by atoms with Crippen molar-refractivity contribution in [1.29, 1.82) is 0 Å². The molecule has 3 heteroatoms. The van der Waals surface area contributed by atoms with Crippen LogP contribution in [0.15, 0.2) is 0 Å². The number of hydrogen-bond donors (Lipinski definition) is 0. The third kappa shape index (κ3) is 1.97. The fourth-order valence-corrected chi connectivity index (χ4v) is 1.96. The van der Waals surface area contributed by atoms with Crippen molar-refractivity contribution in [2.45, 2.75) is 46.6 Å². The van der Waals surface area contributed by atoms with Crippen molar-refractivity contribution >= 4 is 0 Å². The van der Waals surface area contributed by atoms with E-state index in [4.69, 9.17) is 0 Å². The molecule has 0 saturated carbocycles. The van der Waals surface area contributed by atoms with Crippen molar-refractivity contribution in [3.05, 3.63) is 11.6 Å². The lowest BCUT2D eigenvalue weighted by Gasteiger charge is -2.17. The second kappa shape index (κ2) is 3.71. The molecule has 0 amide bonds. The molecule has 0 N–H and O–H groups in total. The summed E-state index contributed by atoms with van der Waals surface area (Å²) in [4.78, 5) is 4.59. The van der Waals surface area contributed by atoms with Gasteiger partial charge in [0, 0.05) is 19.4 Å². The highest BCUT2D eigenvalue weighted by Crippen LogP contribution is 2.18. The summed E-state index contributed by atoms with van der Waals surface area (Å²) in [7, 11) is 0. The SMILES string of the molecule is CC(C)Cc1nc2n(n1)CCC(C)C2. The zero-order valence-electron chi connectivity index (χ0n) is 9.32. The fraction of sp³-hybridized carbons (Fsp3) is 0.818. The third-order valence-electron chi connectivity index (χ3n) is 2.75. The average Bonchev–Trinajstić information content (AvgIpc) is 2.44. The number of fused-ring (bicyclic) bond motifs is 1. The molecule has 0 saturated heterocycles. The second-order valence-corrected chi connectivity index (χ2v) is 4.86. The van der Waals surface area contributed by atoms with Crippen LogP contribution < -0.4 is 0 Å². The van der Waals surface area contributed by atoms with Gasteiger partial charge in [-0.1, -0.05) is 20.8 Å². The number of nitrogens with zero attached hydrogens (tertiary/aromatic N) is 3. The van der Waals surface area contributed by atoms with Crippen molar-refractivity contribution in [2.75, 3.05) is 0 Å². The lowest BCUT2D eigenvalue weighted by molar-refractivity contribution is 0.385. The van der Waals surface area contributed by atoms with Gasteiger partial charge in [0.2, 0.25) is 0 Å². The standard InChI is InChI=1S/C11H19N3/c1-8(2)6-10-12-11-7-9(3)4-5-14(11)13-10/h8-9H,4-7H2,1-3H3. The molecule has 1 aliphatic heterocycles. The molecule has 1 atom stereocenters. The van der Waals surface area contributed by atoms with Crippen LogP contribution in [0.5, 0.6) is 0 Å². The van der Waals surface area contributed by atoms with Crippen LogP contribution in [0, 0.1) is 11.8 Å². The summed E-state index contributed by atoms with van der Waals surface area (Å²) >= 11 is 0. The zero-order valence-corrected chi connectivity index (χ0v) is 9.32. The van der Waals surface area contributed by atoms with Gasteiger partial charge in [-0.15, -0.1) is 0 Å². The maximum Gasteiger partial charge on any atom is 0.151 e. The van der Waals surface area contributed by atoms with Crippen LogP contribution in [0.2, 0.25) is 0 Å². The topological polar surface area (TPSA) is 30.7 Å². The van der Waals surface area contributed by atoms with Crippen LogP contribution in [0.1, 0.15) is 38.8 Å². The molecule has 0 fully saturated rings. The zero-order chi connectivity index (χ0) is 10.1. The predicted molar refractivity (Wildman–Crippen MR) is 56.0 cm³/mol. The smallest absolute Gasteiger partial charge is 0.151 e. The van der Waals surface area contributed by atoms with E-state index >= 15 is 0 Å². The molecular weight excluding hydrogens is 174 g/mol. The van der Waals surface area contributed by atoms with Gasteiger partial charge in [0.1, 0.15) is 5.82 Å². The Morgan fingerprint density at radius 3 is 3.00 bits per heavy atom. The molecule has 1 unspecified atom stereocenters. The molecule has 78 valence electrons. The van der Waals surface area contributed by atoms with Gasteiger partial charge < -0.3 is 0 Å². The van der Waals surface area contributed by atoms with E-state index < -0.39 is 0 Å². The van der Waals surface area contributed by atoms with E-state index in [0.717, 1.165) is 31.1 Å². The fourth-order valence-electron chi connectivity index (χ4n) is 1.96. The minimum Gasteiger partial charge on any atom is -0.250 e. The molecule has 1 aromatic heterocycles. The third-order valence-corrected chi connectivity index (χ3v) is 2.75. The Balaban J connectivity index is 2.15. The first-order valence-electron chi connectivity index (χ1n) is 5.57. The maximum atomic E-state index is 4.59. The highest BCUT2D eigenvalue weighted by atomic mass is 15.3. The van der Waals surface area contributed by atoms with Crippen LogP contribution in [0.25, 0.3) is 0 Å². The van der Waals surface area contributed by atoms with Crippen LogP contribution in [0.3, 0.4) is 0 Å². The molecule has 1 aliphatic rings. The Kier molecular flexibility index (Phi) is 2.57. The van der Waals surface area contributed by atoms with Gasteiger partial charge in [-0.2, -0.15) is 5.10 Å². The summed E-state index contributed by atoms with van der Waals surface area (Å²) in [5.41, 5.74) is 0. The molecule has 0 aromatic carbocycles. The minimum atomic E-state index is 0.650. The van der Waals surface area contributed by atoms with Crippen molar-refractivity contribution in [2.24, 2.45) is 11.8 Å². The quantitative estimate of drug-likeness (QED) is 0.719. The van der Waals surface area contributed by atoms with Crippen molar-refractivity contribution < 1.29 is 0 Å². The molecule has 0 bridgehead atoms. The molecule has 2 heterocycles. The van der Waals surface area contributed by atoms with E-state index in [1.54, 1.807) is 0 Å². The normalized spacial score (nSPS) is 21.3. The highest BCUT2D eigenvalue weighted by Gasteiger charge is 2.18. The Morgan fingerprint density at radius 1 is 1.50 bits per heavy atom. The minimum absolute atomic E-state index is 0.650. The Morgan fingerprint density at radius 2 is 2.29 bits per heavy atom. The van der Waals surface area contributed by atoms with Gasteiger partial charge >= 0.3 is 0 Å². The van der Waals surface area contributed by atoms with Crippen molar-refractivity contribution in [3.63, 3.8) is 0 Å². The molecule has 2 rings (SSSR count). The first-order chi connectivity index (χ1) is 6.65. The largest absolute Gasteiger partial charge is 0.250 e. The van der Waals surface area contributed by atoms with Gasteiger partial charge in [0.15, 0.2) is 5.82 Å². The number of aryl methyl sites for hydroxylation is 1. The number of rotatable bonds is 2. The summed E-state index contributed by atoms with van der Waals surface area (Å²) in [5, 5.41) is 4.53. The second-order valence-electron chi connectivity index (χ2n) is 4.86. The summed E-state index contributed by atoms with van der Waals surface area (Å²) in [6.07, 6.45) is 3.36. The van der Waals surface area contributed by atoms with Crippen molar-refractivity contribution in [3.8, 4) is 0 Å². The van der Waals surface area contributed by atoms with Gasteiger partial charge in [-0.3, -0.25) is 0 Å². The molecule has 1 aromatic rings. The van der Waals surface area contributed by atoms with Crippen LogP contribution in [-0.4, -0.2) is 14.8 Å². The van der Waals surface area contributed by atoms with E-state index in [1.807, 2.05) is 0 Å². The lowest BCUT2D eigenvalue weighted by Crippen LogP contribution is -2.18. The van der Waals surface area contributed by atoms with Crippen LogP contribution >= 0.6 is 0 Å².